The minimum Gasteiger partial charge on any atom is -0.280 e. The van der Waals surface area contributed by atoms with Crippen LogP contribution >= 0.6 is 11.8 Å². The van der Waals surface area contributed by atoms with Gasteiger partial charge in [-0.3, -0.25) is 13.9 Å². The third-order valence-corrected chi connectivity index (χ3v) is 6.02. The first-order valence-corrected chi connectivity index (χ1v) is 10.9. The first-order valence-electron chi connectivity index (χ1n) is 9.87. The highest BCUT2D eigenvalue weighted by Crippen LogP contribution is 2.29. The monoisotopic (exact) mass is 436 g/mol. The summed E-state index contributed by atoms with van der Waals surface area (Å²) in [5.41, 5.74) is 1.20. The van der Waals surface area contributed by atoms with E-state index in [9.17, 15) is 9.59 Å². The Morgan fingerprint density at radius 3 is 2.39 bits per heavy atom. The van der Waals surface area contributed by atoms with Crippen LogP contribution in [0.3, 0.4) is 0 Å². The Labute approximate surface area is 183 Å². The van der Waals surface area contributed by atoms with Crippen LogP contribution in [-0.4, -0.2) is 28.9 Å². The lowest BCUT2D eigenvalue weighted by molar-refractivity contribution is 0.539. The Kier molecular flexibility index (Phi) is 5.30. The number of benzene rings is 1. The molecule has 0 saturated carbocycles. The highest BCUT2D eigenvalue weighted by molar-refractivity contribution is 7.98. The lowest BCUT2D eigenvalue weighted by Gasteiger charge is -2.19. The molecular weight excluding hydrogens is 412 g/mol. The predicted octanol–water partition coefficient (Wildman–Crippen LogP) is 2.80. The lowest BCUT2D eigenvalue weighted by Crippen LogP contribution is -2.38. The molecule has 0 unspecified atom stereocenters. The van der Waals surface area contributed by atoms with E-state index in [4.69, 9.17) is 4.98 Å². The molecule has 1 aromatic carbocycles. The van der Waals surface area contributed by atoms with Crippen molar-refractivity contribution in [3.63, 3.8) is 0 Å². The van der Waals surface area contributed by atoms with E-state index in [1.54, 1.807) is 7.05 Å². The maximum absolute atomic E-state index is 12.9. The minimum absolute atomic E-state index is 0.335. The number of aromatic nitrogens is 6. The summed E-state index contributed by atoms with van der Waals surface area (Å²) >= 11 is 1.45. The summed E-state index contributed by atoms with van der Waals surface area (Å²) < 4.78 is 4.32. The molecule has 160 valence electrons. The Morgan fingerprint density at radius 2 is 1.71 bits per heavy atom. The molecule has 31 heavy (non-hydrogen) atoms. The zero-order valence-corrected chi connectivity index (χ0v) is 19.0. The molecule has 0 atom stereocenters. The number of para-hydroxylation sites is 1. The molecule has 0 N–H and O–H groups in total. The fourth-order valence-electron chi connectivity index (χ4n) is 3.18. The summed E-state index contributed by atoms with van der Waals surface area (Å²) in [6, 6.07) is 9.87. The number of hydrogen-bond donors (Lipinski definition) is 0. The number of aryl methyl sites for hydroxylation is 1. The summed E-state index contributed by atoms with van der Waals surface area (Å²) in [4.78, 5) is 34.7. The number of nitrogens with zero attached hydrogens (tertiary/aromatic N) is 6. The van der Waals surface area contributed by atoms with Crippen LogP contribution in [-0.2, 0) is 25.3 Å². The summed E-state index contributed by atoms with van der Waals surface area (Å²) in [5, 5.41) is 5.36. The van der Waals surface area contributed by atoms with Gasteiger partial charge in [-0.1, -0.05) is 39.0 Å². The molecule has 0 spiro atoms. The van der Waals surface area contributed by atoms with E-state index in [0.717, 1.165) is 15.8 Å². The van der Waals surface area contributed by atoms with E-state index in [1.807, 2.05) is 68.2 Å². The van der Waals surface area contributed by atoms with Gasteiger partial charge in [-0.25, -0.2) is 19.4 Å². The molecule has 4 rings (SSSR count). The van der Waals surface area contributed by atoms with Crippen molar-refractivity contribution in [3.8, 4) is 5.69 Å². The molecular formula is C22H24N6O2S. The van der Waals surface area contributed by atoms with Crippen LogP contribution in [0.5, 0.6) is 0 Å². The molecule has 0 amide bonds. The second-order valence-electron chi connectivity index (χ2n) is 8.42. The number of hydrogen-bond acceptors (Lipinski definition) is 6. The quantitative estimate of drug-likeness (QED) is 0.361. The van der Waals surface area contributed by atoms with Crippen molar-refractivity contribution in [1.29, 1.82) is 0 Å². The standard InChI is InChI=1S/C22H24N6O2S/c1-22(2,3)20-24-17-16(19(29)27(5)21(30)26(17)4)18(25-20)31-13-14-11-23-28(12-14)15-9-7-6-8-10-15/h6-12H,13H2,1-5H3. The Hall–Kier alpha value is -3.20. The van der Waals surface area contributed by atoms with E-state index in [2.05, 4.69) is 10.1 Å². The van der Waals surface area contributed by atoms with Crippen LogP contribution in [0.25, 0.3) is 16.7 Å². The summed E-state index contributed by atoms with van der Waals surface area (Å²) in [6.07, 6.45) is 3.77. The predicted molar refractivity (Wildman–Crippen MR) is 122 cm³/mol. The van der Waals surface area contributed by atoms with Gasteiger partial charge in [0.05, 0.1) is 11.9 Å². The molecule has 3 aromatic heterocycles. The van der Waals surface area contributed by atoms with Gasteiger partial charge in [0.15, 0.2) is 5.65 Å². The van der Waals surface area contributed by atoms with Crippen LogP contribution in [0, 0.1) is 0 Å². The molecule has 0 bridgehead atoms. The fourth-order valence-corrected chi connectivity index (χ4v) is 4.10. The van der Waals surface area contributed by atoms with Crippen molar-refractivity contribution in [1.82, 2.24) is 28.9 Å². The second kappa shape index (κ2) is 7.81. The minimum atomic E-state index is -0.406. The Morgan fingerprint density at radius 1 is 1.00 bits per heavy atom. The van der Waals surface area contributed by atoms with Gasteiger partial charge in [-0.2, -0.15) is 5.10 Å². The summed E-state index contributed by atoms with van der Waals surface area (Å²) in [6.45, 7) is 6.02. The maximum atomic E-state index is 12.9. The molecule has 9 heteroatoms. The zero-order chi connectivity index (χ0) is 22.3. The average molecular weight is 437 g/mol. The first kappa shape index (κ1) is 21.0. The molecule has 3 heterocycles. The van der Waals surface area contributed by atoms with Gasteiger partial charge in [0, 0.05) is 37.0 Å². The molecule has 8 nitrogen and oxygen atoms in total. The van der Waals surface area contributed by atoms with Gasteiger partial charge in [-0.15, -0.1) is 11.8 Å². The van der Waals surface area contributed by atoms with Gasteiger partial charge >= 0.3 is 5.69 Å². The third kappa shape index (κ3) is 3.93. The first-order chi connectivity index (χ1) is 14.7. The average Bonchev–Trinajstić information content (AvgIpc) is 3.23. The van der Waals surface area contributed by atoms with Crippen molar-refractivity contribution in [2.24, 2.45) is 14.1 Å². The van der Waals surface area contributed by atoms with E-state index < -0.39 is 5.69 Å². The van der Waals surface area contributed by atoms with Gasteiger partial charge in [-0.05, 0) is 12.1 Å². The Balaban J connectivity index is 1.77. The topological polar surface area (TPSA) is 87.6 Å². The fraction of sp³-hybridized carbons (Fsp3) is 0.318. The van der Waals surface area contributed by atoms with Crippen molar-refractivity contribution >= 4 is 22.8 Å². The molecule has 0 fully saturated rings. The third-order valence-electron chi connectivity index (χ3n) is 4.97. The number of rotatable bonds is 4. The molecule has 0 aliphatic heterocycles. The molecule has 0 saturated heterocycles. The number of fused-ring (bicyclic) bond motifs is 1. The summed E-state index contributed by atoms with van der Waals surface area (Å²) in [5.74, 6) is 1.17. The molecule has 0 aliphatic carbocycles. The van der Waals surface area contributed by atoms with Crippen molar-refractivity contribution in [2.45, 2.75) is 37.0 Å². The van der Waals surface area contributed by atoms with E-state index >= 15 is 0 Å². The zero-order valence-electron chi connectivity index (χ0n) is 18.2. The van der Waals surface area contributed by atoms with Gasteiger partial charge < -0.3 is 0 Å². The van der Waals surface area contributed by atoms with E-state index in [-0.39, 0.29) is 11.0 Å². The molecule has 4 aromatic rings. The van der Waals surface area contributed by atoms with Crippen LogP contribution in [0.4, 0.5) is 0 Å². The van der Waals surface area contributed by atoms with Crippen LogP contribution in [0.15, 0.2) is 57.3 Å². The van der Waals surface area contributed by atoms with E-state index in [1.165, 1.54) is 23.4 Å². The largest absolute Gasteiger partial charge is 0.332 e. The summed E-state index contributed by atoms with van der Waals surface area (Å²) in [7, 11) is 3.10. The van der Waals surface area contributed by atoms with Gasteiger partial charge in [0.25, 0.3) is 5.56 Å². The van der Waals surface area contributed by atoms with E-state index in [0.29, 0.717) is 27.6 Å². The van der Waals surface area contributed by atoms with Crippen molar-refractivity contribution < 1.29 is 0 Å². The van der Waals surface area contributed by atoms with Gasteiger partial charge in [0.2, 0.25) is 0 Å². The van der Waals surface area contributed by atoms with Crippen LogP contribution in [0.1, 0.15) is 32.2 Å². The second-order valence-corrected chi connectivity index (χ2v) is 9.39. The smallest absolute Gasteiger partial charge is 0.280 e. The Bertz CT molecular complexity index is 1380. The maximum Gasteiger partial charge on any atom is 0.332 e. The van der Waals surface area contributed by atoms with Crippen molar-refractivity contribution in [3.05, 3.63) is 75.0 Å². The molecule has 0 aliphatic rings. The molecule has 0 radical (unpaired) electrons. The number of thioether (sulfide) groups is 1. The SMILES string of the molecule is Cn1c(=O)c2c(SCc3cnn(-c4ccccc4)c3)nc(C(C)(C)C)nc2n(C)c1=O. The van der Waals surface area contributed by atoms with Crippen molar-refractivity contribution in [2.75, 3.05) is 0 Å². The van der Waals surface area contributed by atoms with Gasteiger partial charge in [0.1, 0.15) is 16.2 Å². The highest BCUT2D eigenvalue weighted by atomic mass is 32.2. The van der Waals surface area contributed by atoms with Crippen LogP contribution in [0.2, 0.25) is 0 Å². The lowest BCUT2D eigenvalue weighted by atomic mass is 9.96. The highest BCUT2D eigenvalue weighted by Gasteiger charge is 2.23. The normalized spacial score (nSPS) is 11.9. The van der Waals surface area contributed by atoms with Crippen LogP contribution < -0.4 is 11.2 Å².